The summed E-state index contributed by atoms with van der Waals surface area (Å²) in [7, 11) is -1.92. The SMILES string of the molecule is CN(Cc1cccc([N+](=O)[O-])c1)S(=O)(=O)CBr. The third kappa shape index (κ3) is 3.76. The zero-order valence-corrected chi connectivity index (χ0v) is 11.4. The Morgan fingerprint density at radius 3 is 2.65 bits per heavy atom. The van der Waals surface area contributed by atoms with Gasteiger partial charge in [-0.1, -0.05) is 28.1 Å². The molecule has 17 heavy (non-hydrogen) atoms. The maximum Gasteiger partial charge on any atom is 0.269 e. The van der Waals surface area contributed by atoms with Crippen LogP contribution in [0.1, 0.15) is 5.56 Å². The zero-order chi connectivity index (χ0) is 13.1. The summed E-state index contributed by atoms with van der Waals surface area (Å²) in [6.07, 6.45) is 0. The van der Waals surface area contributed by atoms with Gasteiger partial charge in [0.1, 0.15) is 4.66 Å². The molecule has 0 heterocycles. The van der Waals surface area contributed by atoms with Crippen molar-refractivity contribution in [2.45, 2.75) is 6.54 Å². The minimum absolute atomic E-state index is 0.0489. The topological polar surface area (TPSA) is 80.5 Å². The summed E-state index contributed by atoms with van der Waals surface area (Å²) in [4.78, 5) is 10.0. The Hall–Kier alpha value is -0.990. The van der Waals surface area contributed by atoms with Crippen molar-refractivity contribution in [3.63, 3.8) is 0 Å². The number of nitro groups is 1. The van der Waals surface area contributed by atoms with Crippen LogP contribution in [0.3, 0.4) is 0 Å². The van der Waals surface area contributed by atoms with Crippen molar-refractivity contribution in [1.29, 1.82) is 0 Å². The van der Waals surface area contributed by atoms with Gasteiger partial charge < -0.3 is 0 Å². The molecule has 8 heteroatoms. The van der Waals surface area contributed by atoms with E-state index in [9.17, 15) is 18.5 Å². The molecule has 0 radical (unpaired) electrons. The zero-order valence-electron chi connectivity index (χ0n) is 9.04. The lowest BCUT2D eigenvalue weighted by Gasteiger charge is -2.15. The van der Waals surface area contributed by atoms with Crippen LogP contribution in [0.5, 0.6) is 0 Å². The lowest BCUT2D eigenvalue weighted by molar-refractivity contribution is -0.384. The molecule has 0 spiro atoms. The van der Waals surface area contributed by atoms with Gasteiger partial charge in [0, 0.05) is 25.7 Å². The fourth-order valence-corrected chi connectivity index (χ4v) is 2.77. The van der Waals surface area contributed by atoms with Crippen LogP contribution in [0.15, 0.2) is 24.3 Å². The van der Waals surface area contributed by atoms with Crippen molar-refractivity contribution in [1.82, 2.24) is 4.31 Å². The van der Waals surface area contributed by atoms with E-state index in [2.05, 4.69) is 15.9 Å². The molecular weight excluding hydrogens is 312 g/mol. The highest BCUT2D eigenvalue weighted by molar-refractivity contribution is 9.10. The number of sulfonamides is 1. The Kier molecular flexibility index (Phi) is 4.61. The number of hydrogen-bond donors (Lipinski definition) is 0. The third-order valence-corrected chi connectivity index (χ3v) is 5.23. The van der Waals surface area contributed by atoms with Gasteiger partial charge in [-0.05, 0) is 5.56 Å². The fraction of sp³-hybridized carbons (Fsp3) is 0.333. The Bertz CT molecular complexity index is 517. The number of non-ortho nitro benzene ring substituents is 1. The molecule has 0 bridgehead atoms. The summed E-state index contributed by atoms with van der Waals surface area (Å²) in [6, 6.07) is 5.90. The molecule has 0 unspecified atom stereocenters. The summed E-state index contributed by atoms with van der Waals surface area (Å²) in [5, 5.41) is 10.6. The standard InChI is InChI=1S/C9H11BrN2O4S/c1-11(17(15,16)7-10)6-8-3-2-4-9(5-8)12(13)14/h2-5H,6-7H2,1H3. The molecule has 0 N–H and O–H groups in total. The average molecular weight is 323 g/mol. The van der Waals surface area contributed by atoms with E-state index in [4.69, 9.17) is 0 Å². The summed E-state index contributed by atoms with van der Waals surface area (Å²) in [6.45, 7) is 0.107. The highest BCUT2D eigenvalue weighted by atomic mass is 79.9. The van der Waals surface area contributed by atoms with Crippen LogP contribution in [0.25, 0.3) is 0 Å². The largest absolute Gasteiger partial charge is 0.269 e. The Balaban J connectivity index is 2.89. The summed E-state index contributed by atoms with van der Waals surface area (Å²) in [5.74, 6) is 0. The molecule has 1 rings (SSSR count). The van der Waals surface area contributed by atoms with E-state index in [1.807, 2.05) is 0 Å². The van der Waals surface area contributed by atoms with Gasteiger partial charge in [-0.25, -0.2) is 8.42 Å². The number of alkyl halides is 1. The molecule has 0 saturated carbocycles. The first kappa shape index (κ1) is 14.1. The van der Waals surface area contributed by atoms with Crippen molar-refractivity contribution in [3.05, 3.63) is 39.9 Å². The highest BCUT2D eigenvalue weighted by Gasteiger charge is 2.17. The second-order valence-corrected chi connectivity index (χ2v) is 6.78. The van der Waals surface area contributed by atoms with Crippen molar-refractivity contribution in [2.24, 2.45) is 0 Å². The number of benzene rings is 1. The lowest BCUT2D eigenvalue weighted by Crippen LogP contribution is -2.27. The Labute approximate surface area is 108 Å². The van der Waals surface area contributed by atoms with E-state index in [1.165, 1.54) is 25.2 Å². The number of rotatable bonds is 5. The molecule has 0 aliphatic rings. The molecule has 1 aromatic rings. The molecule has 0 saturated heterocycles. The maximum atomic E-state index is 11.5. The van der Waals surface area contributed by atoms with Crippen molar-refractivity contribution in [3.8, 4) is 0 Å². The molecule has 0 amide bonds. The number of nitro benzene ring substituents is 1. The minimum Gasteiger partial charge on any atom is -0.258 e. The Morgan fingerprint density at radius 2 is 2.12 bits per heavy atom. The first-order valence-electron chi connectivity index (χ1n) is 4.60. The fourth-order valence-electron chi connectivity index (χ4n) is 1.21. The maximum absolute atomic E-state index is 11.5. The van der Waals surface area contributed by atoms with Crippen LogP contribution in [0.4, 0.5) is 5.69 Å². The molecule has 0 atom stereocenters. The average Bonchev–Trinajstić information content (AvgIpc) is 2.29. The normalized spacial score (nSPS) is 11.7. The monoisotopic (exact) mass is 322 g/mol. The molecular formula is C9H11BrN2O4S. The number of nitrogens with zero attached hydrogens (tertiary/aromatic N) is 2. The molecule has 6 nitrogen and oxygen atoms in total. The smallest absolute Gasteiger partial charge is 0.258 e. The third-order valence-electron chi connectivity index (χ3n) is 2.14. The summed E-state index contributed by atoms with van der Waals surface area (Å²) in [5.41, 5.74) is 0.526. The van der Waals surface area contributed by atoms with Crippen LogP contribution >= 0.6 is 15.9 Å². The van der Waals surface area contributed by atoms with Gasteiger partial charge >= 0.3 is 0 Å². The molecule has 0 fully saturated rings. The van der Waals surface area contributed by atoms with E-state index in [1.54, 1.807) is 6.07 Å². The lowest BCUT2D eigenvalue weighted by atomic mass is 10.2. The first-order chi connectivity index (χ1) is 7.86. The first-order valence-corrected chi connectivity index (χ1v) is 7.33. The minimum atomic E-state index is -3.35. The van der Waals surface area contributed by atoms with Gasteiger partial charge in [0.2, 0.25) is 10.0 Å². The van der Waals surface area contributed by atoms with Gasteiger partial charge in [-0.3, -0.25) is 10.1 Å². The van der Waals surface area contributed by atoms with Crippen molar-refractivity contribution >= 4 is 31.6 Å². The highest BCUT2D eigenvalue weighted by Crippen LogP contribution is 2.15. The number of halogens is 1. The van der Waals surface area contributed by atoms with Gasteiger partial charge in [0.05, 0.1) is 4.92 Å². The predicted molar refractivity (Wildman–Crippen MR) is 67.3 cm³/mol. The second-order valence-electron chi connectivity index (χ2n) is 3.40. The van der Waals surface area contributed by atoms with E-state index < -0.39 is 14.9 Å². The van der Waals surface area contributed by atoms with E-state index in [0.717, 1.165) is 4.31 Å². The van der Waals surface area contributed by atoms with Gasteiger partial charge in [-0.15, -0.1) is 0 Å². The number of hydrogen-bond acceptors (Lipinski definition) is 4. The predicted octanol–water partition coefficient (Wildman–Crippen LogP) is 1.71. The van der Waals surface area contributed by atoms with Crippen LogP contribution < -0.4 is 0 Å². The Morgan fingerprint density at radius 1 is 1.47 bits per heavy atom. The van der Waals surface area contributed by atoms with Gasteiger partial charge in [0.15, 0.2) is 0 Å². The molecule has 0 aliphatic heterocycles. The van der Waals surface area contributed by atoms with E-state index in [0.29, 0.717) is 5.56 Å². The van der Waals surface area contributed by atoms with E-state index >= 15 is 0 Å². The van der Waals surface area contributed by atoms with Crippen LogP contribution in [0.2, 0.25) is 0 Å². The van der Waals surface area contributed by atoms with Gasteiger partial charge in [0.25, 0.3) is 5.69 Å². The quantitative estimate of drug-likeness (QED) is 0.469. The molecule has 1 aromatic carbocycles. The van der Waals surface area contributed by atoms with Crippen molar-refractivity contribution < 1.29 is 13.3 Å². The molecule has 0 aromatic heterocycles. The second kappa shape index (κ2) is 5.56. The van der Waals surface area contributed by atoms with Crippen LogP contribution in [-0.2, 0) is 16.6 Å². The molecule has 0 aliphatic carbocycles. The van der Waals surface area contributed by atoms with E-state index in [-0.39, 0.29) is 16.9 Å². The van der Waals surface area contributed by atoms with Crippen LogP contribution in [0, 0.1) is 10.1 Å². The van der Waals surface area contributed by atoms with Crippen molar-refractivity contribution in [2.75, 3.05) is 11.7 Å². The summed E-state index contributed by atoms with van der Waals surface area (Å²) < 4.78 is 23.9. The van der Waals surface area contributed by atoms with Crippen LogP contribution in [-0.4, -0.2) is 29.4 Å². The van der Waals surface area contributed by atoms with Gasteiger partial charge in [-0.2, -0.15) is 4.31 Å². The molecule has 94 valence electrons. The summed E-state index contributed by atoms with van der Waals surface area (Å²) >= 11 is 2.88.